The topological polar surface area (TPSA) is 37.3 Å². The molecule has 0 fully saturated rings. The summed E-state index contributed by atoms with van der Waals surface area (Å²) in [5.74, 6) is 0.487. The smallest absolute Gasteiger partial charge is 0.153 e. The number of phenols is 1. The molecule has 0 aromatic heterocycles. The molecule has 1 aromatic carbocycles. The predicted molar refractivity (Wildman–Crippen MR) is 52.2 cm³/mol. The molecule has 13 heavy (non-hydrogen) atoms. The molecule has 1 atom stereocenters. The summed E-state index contributed by atoms with van der Waals surface area (Å²) < 4.78 is 0. The van der Waals surface area contributed by atoms with Crippen LogP contribution in [0.5, 0.6) is 5.75 Å². The third-order valence-electron chi connectivity index (χ3n) is 2.36. The fraction of sp³-hybridized carbons (Fsp3) is 0.364. The lowest BCUT2D eigenvalue weighted by Gasteiger charge is -2.09. The van der Waals surface area contributed by atoms with E-state index < -0.39 is 0 Å². The van der Waals surface area contributed by atoms with Crippen LogP contribution in [0.4, 0.5) is 0 Å². The molecule has 0 aliphatic rings. The van der Waals surface area contributed by atoms with Crippen molar-refractivity contribution in [1.29, 1.82) is 0 Å². The van der Waals surface area contributed by atoms with E-state index in [1.54, 1.807) is 12.1 Å². The summed E-state index contributed by atoms with van der Waals surface area (Å²) in [4.78, 5) is 10.5. The minimum atomic E-state index is 0.0575. The molecule has 0 amide bonds. The van der Waals surface area contributed by atoms with Crippen molar-refractivity contribution in [2.75, 3.05) is 0 Å². The Hall–Kier alpha value is -1.31. The largest absolute Gasteiger partial charge is 0.507 e. The Morgan fingerprint density at radius 1 is 1.54 bits per heavy atom. The van der Waals surface area contributed by atoms with E-state index in [0.717, 1.165) is 12.0 Å². The zero-order valence-corrected chi connectivity index (χ0v) is 7.95. The van der Waals surface area contributed by atoms with Gasteiger partial charge in [0, 0.05) is 0 Å². The van der Waals surface area contributed by atoms with Crippen LogP contribution in [-0.4, -0.2) is 11.4 Å². The third-order valence-corrected chi connectivity index (χ3v) is 2.36. The van der Waals surface area contributed by atoms with Crippen LogP contribution in [0, 0.1) is 0 Å². The van der Waals surface area contributed by atoms with Crippen LogP contribution < -0.4 is 0 Å². The van der Waals surface area contributed by atoms with Gasteiger partial charge < -0.3 is 5.11 Å². The van der Waals surface area contributed by atoms with Gasteiger partial charge in [0.1, 0.15) is 5.75 Å². The van der Waals surface area contributed by atoms with Gasteiger partial charge in [-0.05, 0) is 30.0 Å². The number of hydrogen-bond donors (Lipinski definition) is 1. The standard InChI is InChI=1S/C11H14O2/c1-3-8(2)9-4-5-11(13)10(6-9)7-12/h4-8,13H,3H2,1-2H3. The number of hydrogen-bond acceptors (Lipinski definition) is 2. The van der Waals surface area contributed by atoms with Gasteiger partial charge in [0.25, 0.3) is 0 Å². The van der Waals surface area contributed by atoms with Gasteiger partial charge in [-0.1, -0.05) is 19.9 Å². The average molecular weight is 178 g/mol. The number of rotatable bonds is 3. The van der Waals surface area contributed by atoms with Crippen LogP contribution in [0.15, 0.2) is 18.2 Å². The van der Waals surface area contributed by atoms with Gasteiger partial charge in [-0.25, -0.2) is 0 Å². The van der Waals surface area contributed by atoms with Crippen LogP contribution in [0.25, 0.3) is 0 Å². The molecule has 2 nitrogen and oxygen atoms in total. The number of benzene rings is 1. The zero-order chi connectivity index (χ0) is 9.84. The first-order chi connectivity index (χ1) is 6.19. The summed E-state index contributed by atoms with van der Waals surface area (Å²) >= 11 is 0. The summed E-state index contributed by atoms with van der Waals surface area (Å²) in [6, 6.07) is 5.18. The molecule has 1 unspecified atom stereocenters. The minimum Gasteiger partial charge on any atom is -0.507 e. The lowest BCUT2D eigenvalue weighted by molar-refractivity contribution is 0.112. The quantitative estimate of drug-likeness (QED) is 0.722. The maximum Gasteiger partial charge on any atom is 0.153 e. The first-order valence-electron chi connectivity index (χ1n) is 4.47. The predicted octanol–water partition coefficient (Wildman–Crippen LogP) is 2.72. The summed E-state index contributed by atoms with van der Waals surface area (Å²) in [5.41, 5.74) is 1.47. The second-order valence-corrected chi connectivity index (χ2v) is 3.25. The van der Waals surface area contributed by atoms with Crippen LogP contribution in [0.1, 0.15) is 42.1 Å². The van der Waals surface area contributed by atoms with Gasteiger partial charge in [-0.3, -0.25) is 4.79 Å². The maximum atomic E-state index is 10.5. The van der Waals surface area contributed by atoms with E-state index in [0.29, 0.717) is 17.8 Å². The Bertz CT molecular complexity index is 305. The van der Waals surface area contributed by atoms with E-state index in [2.05, 4.69) is 13.8 Å². The number of carbonyl (C=O) groups is 1. The summed E-state index contributed by atoms with van der Waals surface area (Å²) in [6.07, 6.45) is 1.71. The molecule has 1 N–H and O–H groups in total. The van der Waals surface area contributed by atoms with Crippen LogP contribution in [0.3, 0.4) is 0 Å². The van der Waals surface area contributed by atoms with Gasteiger partial charge in [-0.15, -0.1) is 0 Å². The Balaban J connectivity index is 3.05. The van der Waals surface area contributed by atoms with E-state index in [4.69, 9.17) is 0 Å². The molecule has 0 saturated carbocycles. The van der Waals surface area contributed by atoms with Gasteiger partial charge in [0.15, 0.2) is 6.29 Å². The SMILES string of the molecule is CCC(C)c1ccc(O)c(C=O)c1. The highest BCUT2D eigenvalue weighted by molar-refractivity contribution is 5.79. The molecule has 0 bridgehead atoms. The van der Waals surface area contributed by atoms with Crippen molar-refractivity contribution in [3.8, 4) is 5.75 Å². The highest BCUT2D eigenvalue weighted by Crippen LogP contribution is 2.23. The molecule has 2 heteroatoms. The first-order valence-corrected chi connectivity index (χ1v) is 4.47. The fourth-order valence-electron chi connectivity index (χ4n) is 1.21. The number of aromatic hydroxyl groups is 1. The van der Waals surface area contributed by atoms with E-state index in [9.17, 15) is 9.90 Å². The Morgan fingerprint density at radius 3 is 2.77 bits per heavy atom. The van der Waals surface area contributed by atoms with Gasteiger partial charge in [0.2, 0.25) is 0 Å². The normalized spacial score (nSPS) is 12.5. The van der Waals surface area contributed by atoms with Gasteiger partial charge >= 0.3 is 0 Å². The fourth-order valence-corrected chi connectivity index (χ4v) is 1.21. The molecule has 0 radical (unpaired) electrons. The second-order valence-electron chi connectivity index (χ2n) is 3.25. The monoisotopic (exact) mass is 178 g/mol. The van der Waals surface area contributed by atoms with Crippen molar-refractivity contribution in [2.45, 2.75) is 26.2 Å². The molecule has 0 spiro atoms. The lowest BCUT2D eigenvalue weighted by atomic mass is 9.97. The highest BCUT2D eigenvalue weighted by Gasteiger charge is 2.06. The van der Waals surface area contributed by atoms with Crippen molar-refractivity contribution in [1.82, 2.24) is 0 Å². The molecule has 70 valence electrons. The lowest BCUT2D eigenvalue weighted by Crippen LogP contribution is -1.93. The summed E-state index contributed by atoms with van der Waals surface area (Å²) in [5, 5.41) is 9.26. The van der Waals surface area contributed by atoms with Crippen molar-refractivity contribution in [3.63, 3.8) is 0 Å². The van der Waals surface area contributed by atoms with Crippen molar-refractivity contribution in [2.24, 2.45) is 0 Å². The molecular weight excluding hydrogens is 164 g/mol. The van der Waals surface area contributed by atoms with Gasteiger partial charge in [-0.2, -0.15) is 0 Å². The Kier molecular flexibility index (Phi) is 3.07. The van der Waals surface area contributed by atoms with Crippen molar-refractivity contribution in [3.05, 3.63) is 29.3 Å². The van der Waals surface area contributed by atoms with Crippen molar-refractivity contribution >= 4 is 6.29 Å². The Labute approximate surface area is 78.2 Å². The molecular formula is C11H14O2. The number of aldehydes is 1. The molecule has 0 aliphatic heterocycles. The minimum absolute atomic E-state index is 0.0575. The molecule has 0 aliphatic carbocycles. The summed E-state index contributed by atoms with van der Waals surface area (Å²) in [7, 11) is 0. The number of phenolic OH excluding ortho intramolecular Hbond substituents is 1. The van der Waals surface area contributed by atoms with E-state index in [-0.39, 0.29) is 5.75 Å². The number of carbonyl (C=O) groups excluding carboxylic acids is 1. The van der Waals surface area contributed by atoms with Gasteiger partial charge in [0.05, 0.1) is 5.56 Å². The maximum absolute atomic E-state index is 10.5. The third kappa shape index (κ3) is 2.08. The molecule has 1 rings (SSSR count). The summed E-state index contributed by atoms with van der Waals surface area (Å²) in [6.45, 7) is 4.19. The van der Waals surface area contributed by atoms with Crippen molar-refractivity contribution < 1.29 is 9.90 Å². The average Bonchev–Trinajstić information content (AvgIpc) is 2.17. The van der Waals surface area contributed by atoms with Crippen LogP contribution >= 0.6 is 0 Å². The first kappa shape index (κ1) is 9.78. The van der Waals surface area contributed by atoms with Crippen LogP contribution in [0.2, 0.25) is 0 Å². The Morgan fingerprint density at radius 2 is 2.23 bits per heavy atom. The zero-order valence-electron chi connectivity index (χ0n) is 7.95. The van der Waals surface area contributed by atoms with Crippen LogP contribution in [-0.2, 0) is 0 Å². The molecule has 1 aromatic rings. The molecule has 0 saturated heterocycles. The van der Waals surface area contributed by atoms with E-state index in [1.165, 1.54) is 0 Å². The highest BCUT2D eigenvalue weighted by atomic mass is 16.3. The molecule has 0 heterocycles. The second kappa shape index (κ2) is 4.08. The van der Waals surface area contributed by atoms with E-state index in [1.807, 2.05) is 6.07 Å². The van der Waals surface area contributed by atoms with E-state index >= 15 is 0 Å².